The predicted molar refractivity (Wildman–Crippen MR) is 56.7 cm³/mol. The maximum atomic E-state index is 12.5. The lowest BCUT2D eigenvalue weighted by molar-refractivity contribution is -0.141. The van der Waals surface area contributed by atoms with Crippen LogP contribution in [0.15, 0.2) is 18.5 Å². The smallest absolute Gasteiger partial charge is 0.232 e. The van der Waals surface area contributed by atoms with Crippen LogP contribution in [0.25, 0.3) is 5.52 Å². The number of hydrogen-bond acceptors (Lipinski definition) is 2. The molecule has 0 saturated carbocycles. The third kappa shape index (κ3) is 2.25. The molecule has 17 heavy (non-hydrogen) atoms. The molecule has 0 fully saturated rings. The van der Waals surface area contributed by atoms with Gasteiger partial charge in [0.05, 0.1) is 11.2 Å². The van der Waals surface area contributed by atoms with Crippen molar-refractivity contribution >= 4 is 5.52 Å². The highest BCUT2D eigenvalue weighted by Gasteiger charge is 2.33. The van der Waals surface area contributed by atoms with E-state index < -0.39 is 11.9 Å². The lowest BCUT2D eigenvalue weighted by Gasteiger charge is -2.13. The van der Waals surface area contributed by atoms with Gasteiger partial charge in [-0.1, -0.05) is 20.8 Å². The van der Waals surface area contributed by atoms with Crippen molar-refractivity contribution in [2.75, 3.05) is 0 Å². The van der Waals surface area contributed by atoms with Crippen LogP contribution < -0.4 is 0 Å². The molecule has 0 amide bonds. The zero-order valence-corrected chi connectivity index (χ0v) is 9.71. The van der Waals surface area contributed by atoms with E-state index in [9.17, 15) is 13.2 Å². The van der Waals surface area contributed by atoms with Gasteiger partial charge in [0, 0.05) is 5.41 Å². The first-order valence-corrected chi connectivity index (χ1v) is 5.11. The molecule has 3 nitrogen and oxygen atoms in total. The van der Waals surface area contributed by atoms with Gasteiger partial charge < -0.3 is 0 Å². The Hall–Kier alpha value is -1.59. The van der Waals surface area contributed by atoms with E-state index in [0.29, 0.717) is 5.52 Å². The first-order chi connectivity index (χ1) is 7.68. The molecule has 0 N–H and O–H groups in total. The Bertz CT molecular complexity index is 537. The number of alkyl halides is 3. The summed E-state index contributed by atoms with van der Waals surface area (Å²) in [6.45, 7) is 5.85. The largest absolute Gasteiger partial charge is 0.433 e. The number of fused-ring (bicyclic) bond motifs is 1. The molecule has 0 unspecified atom stereocenters. The zero-order valence-electron chi connectivity index (χ0n) is 9.71. The highest BCUT2D eigenvalue weighted by atomic mass is 19.4. The van der Waals surface area contributed by atoms with Gasteiger partial charge in [-0.2, -0.15) is 18.3 Å². The van der Waals surface area contributed by atoms with E-state index in [2.05, 4.69) is 10.1 Å². The van der Waals surface area contributed by atoms with Gasteiger partial charge >= 0.3 is 6.18 Å². The van der Waals surface area contributed by atoms with E-state index in [-0.39, 0.29) is 5.41 Å². The normalized spacial score (nSPS) is 13.3. The van der Waals surface area contributed by atoms with Crippen molar-refractivity contribution in [2.24, 2.45) is 0 Å². The van der Waals surface area contributed by atoms with Crippen LogP contribution >= 0.6 is 0 Å². The van der Waals surface area contributed by atoms with Crippen LogP contribution in [-0.2, 0) is 11.6 Å². The minimum absolute atomic E-state index is 0.204. The SMILES string of the molecule is CC(C)(C)c1cc2cc(C(F)(F)F)ncn2n1. The Morgan fingerprint density at radius 1 is 1.06 bits per heavy atom. The molecule has 0 radical (unpaired) electrons. The van der Waals surface area contributed by atoms with Gasteiger partial charge in [0.15, 0.2) is 0 Å². The van der Waals surface area contributed by atoms with E-state index in [1.54, 1.807) is 6.07 Å². The van der Waals surface area contributed by atoms with Crippen LogP contribution in [0.5, 0.6) is 0 Å². The standard InChI is InChI=1S/C11H12F3N3/c1-10(2,3)8-4-7-5-9(11(12,13)14)15-6-17(7)16-8/h4-6H,1-3H3. The molecule has 0 aromatic carbocycles. The average Bonchev–Trinajstić information content (AvgIpc) is 2.57. The van der Waals surface area contributed by atoms with Crippen LogP contribution in [0, 0.1) is 0 Å². The predicted octanol–water partition coefficient (Wildman–Crippen LogP) is 3.05. The molecule has 6 heteroatoms. The van der Waals surface area contributed by atoms with Crippen molar-refractivity contribution in [2.45, 2.75) is 32.4 Å². The summed E-state index contributed by atoms with van der Waals surface area (Å²) in [5, 5.41) is 4.19. The van der Waals surface area contributed by atoms with Crippen molar-refractivity contribution in [3.8, 4) is 0 Å². The Kier molecular flexibility index (Phi) is 2.41. The molecular formula is C11H12F3N3. The Morgan fingerprint density at radius 2 is 1.65 bits per heavy atom. The molecule has 2 aromatic heterocycles. The fraction of sp³-hybridized carbons (Fsp3) is 0.455. The molecule has 0 aliphatic heterocycles. The van der Waals surface area contributed by atoms with Crippen LogP contribution in [-0.4, -0.2) is 14.6 Å². The summed E-state index contributed by atoms with van der Waals surface area (Å²) in [5.74, 6) is 0. The molecule has 92 valence electrons. The third-order valence-electron chi connectivity index (χ3n) is 2.41. The monoisotopic (exact) mass is 243 g/mol. The van der Waals surface area contributed by atoms with Crippen LogP contribution in [0.2, 0.25) is 0 Å². The van der Waals surface area contributed by atoms with Crippen molar-refractivity contribution < 1.29 is 13.2 Å². The number of rotatable bonds is 0. The third-order valence-corrected chi connectivity index (χ3v) is 2.41. The molecular weight excluding hydrogens is 231 g/mol. The average molecular weight is 243 g/mol. The fourth-order valence-corrected chi connectivity index (χ4v) is 1.42. The second kappa shape index (κ2) is 3.45. The van der Waals surface area contributed by atoms with Gasteiger partial charge in [-0.05, 0) is 12.1 Å². The van der Waals surface area contributed by atoms with Crippen LogP contribution in [0.4, 0.5) is 13.2 Å². The lowest BCUT2D eigenvalue weighted by Crippen LogP contribution is -2.12. The first-order valence-electron chi connectivity index (χ1n) is 5.11. The summed E-state index contributed by atoms with van der Waals surface area (Å²) in [5.41, 5.74) is 0.0333. The Morgan fingerprint density at radius 3 is 2.18 bits per heavy atom. The van der Waals surface area contributed by atoms with Gasteiger partial charge in [-0.25, -0.2) is 9.50 Å². The van der Waals surface area contributed by atoms with Crippen LogP contribution in [0.3, 0.4) is 0 Å². The second-order valence-corrected chi connectivity index (χ2v) is 4.92. The second-order valence-electron chi connectivity index (χ2n) is 4.92. The van der Waals surface area contributed by atoms with Gasteiger partial charge in [0.1, 0.15) is 12.0 Å². The summed E-state index contributed by atoms with van der Waals surface area (Å²) < 4.78 is 38.8. The van der Waals surface area contributed by atoms with Gasteiger partial charge in [-0.15, -0.1) is 0 Å². The molecule has 2 rings (SSSR count). The number of nitrogens with zero attached hydrogens (tertiary/aromatic N) is 3. The minimum atomic E-state index is -4.42. The van der Waals surface area contributed by atoms with Crippen molar-refractivity contribution in [1.82, 2.24) is 14.6 Å². The van der Waals surface area contributed by atoms with E-state index in [0.717, 1.165) is 18.1 Å². The van der Waals surface area contributed by atoms with Crippen molar-refractivity contribution in [3.63, 3.8) is 0 Å². The van der Waals surface area contributed by atoms with E-state index in [4.69, 9.17) is 0 Å². The summed E-state index contributed by atoms with van der Waals surface area (Å²) >= 11 is 0. The Balaban J connectivity index is 2.56. The zero-order chi connectivity index (χ0) is 12.8. The highest BCUT2D eigenvalue weighted by Crippen LogP contribution is 2.29. The van der Waals surface area contributed by atoms with Gasteiger partial charge in [0.2, 0.25) is 0 Å². The van der Waals surface area contributed by atoms with Crippen molar-refractivity contribution in [3.05, 3.63) is 29.8 Å². The number of halogens is 3. The summed E-state index contributed by atoms with van der Waals surface area (Å²) in [6.07, 6.45) is -3.33. The van der Waals surface area contributed by atoms with E-state index in [1.807, 2.05) is 20.8 Å². The summed E-state index contributed by atoms with van der Waals surface area (Å²) in [6, 6.07) is 2.65. The highest BCUT2D eigenvalue weighted by molar-refractivity contribution is 5.49. The molecule has 0 bridgehead atoms. The van der Waals surface area contributed by atoms with Crippen LogP contribution in [0.1, 0.15) is 32.2 Å². The molecule has 2 aromatic rings. The molecule has 0 spiro atoms. The molecule has 0 aliphatic rings. The molecule has 0 aliphatic carbocycles. The summed E-state index contributed by atoms with van der Waals surface area (Å²) in [4.78, 5) is 3.35. The number of hydrogen-bond donors (Lipinski definition) is 0. The molecule has 0 atom stereocenters. The first kappa shape index (κ1) is 11.9. The Labute approximate surface area is 96.3 Å². The van der Waals surface area contributed by atoms with Gasteiger partial charge in [0.25, 0.3) is 0 Å². The maximum Gasteiger partial charge on any atom is 0.433 e. The van der Waals surface area contributed by atoms with Crippen molar-refractivity contribution in [1.29, 1.82) is 0 Å². The van der Waals surface area contributed by atoms with E-state index >= 15 is 0 Å². The van der Waals surface area contributed by atoms with Gasteiger partial charge in [-0.3, -0.25) is 0 Å². The quantitative estimate of drug-likeness (QED) is 0.711. The molecule has 0 saturated heterocycles. The number of aromatic nitrogens is 3. The fourth-order valence-electron chi connectivity index (χ4n) is 1.42. The summed E-state index contributed by atoms with van der Waals surface area (Å²) in [7, 11) is 0. The lowest BCUT2D eigenvalue weighted by atomic mass is 9.92. The minimum Gasteiger partial charge on any atom is -0.232 e. The van der Waals surface area contributed by atoms with E-state index in [1.165, 1.54) is 4.52 Å². The topological polar surface area (TPSA) is 30.2 Å². The molecule has 2 heterocycles. The maximum absolute atomic E-state index is 12.5.